The summed E-state index contributed by atoms with van der Waals surface area (Å²) in [7, 11) is 8.31. The molecule has 1 aliphatic carbocycles. The topological polar surface area (TPSA) is 279 Å². The molecule has 8 aliphatic rings. The molecule has 0 aromatic heterocycles. The number of allylic oxidation sites excluding steroid dienone is 1. The van der Waals surface area contributed by atoms with Crippen molar-refractivity contribution in [1.29, 1.82) is 0 Å². The average molecular weight is 1530 g/mol. The van der Waals surface area contributed by atoms with Crippen LogP contribution in [0.25, 0.3) is 6.08 Å². The van der Waals surface area contributed by atoms with Crippen LogP contribution in [0.5, 0.6) is 0 Å². The molecular formula is C79H111F5N12O13. The number of aryl methyl sites for hydroxylation is 1. The quantitative estimate of drug-likeness (QED) is 0.127. The van der Waals surface area contributed by atoms with Crippen LogP contribution < -0.4 is 16.0 Å². The van der Waals surface area contributed by atoms with Crippen LogP contribution in [0.15, 0.2) is 54.6 Å². The highest BCUT2D eigenvalue weighted by Gasteiger charge is 2.59. The Balaban J connectivity index is 1.29. The second-order valence-corrected chi connectivity index (χ2v) is 31.3. The van der Waals surface area contributed by atoms with Crippen LogP contribution in [-0.4, -0.2) is 263 Å². The molecule has 2 aromatic carbocycles. The van der Waals surface area contributed by atoms with Crippen molar-refractivity contribution in [2.45, 2.75) is 224 Å². The van der Waals surface area contributed by atoms with Gasteiger partial charge in [0, 0.05) is 87.9 Å². The van der Waals surface area contributed by atoms with E-state index in [0.29, 0.717) is 81.3 Å². The van der Waals surface area contributed by atoms with Gasteiger partial charge in [-0.25, -0.2) is 8.78 Å². The van der Waals surface area contributed by atoms with E-state index in [4.69, 9.17) is 4.74 Å². The van der Waals surface area contributed by atoms with Crippen molar-refractivity contribution in [1.82, 2.24) is 60.0 Å². The highest BCUT2D eigenvalue weighted by molar-refractivity contribution is 6.01. The number of nitrogens with zero attached hydrogens (tertiary/aromatic N) is 9. The predicted octanol–water partition coefficient (Wildman–Crippen LogP) is 6.29. The van der Waals surface area contributed by atoms with E-state index in [1.165, 1.54) is 66.8 Å². The summed E-state index contributed by atoms with van der Waals surface area (Å²) in [5, 5.41) is 8.59. The zero-order chi connectivity index (χ0) is 80.3. The number of carbonyl (C=O) groups excluding carboxylic acids is 12. The molecule has 2 aromatic rings. The minimum atomic E-state index is -5.42. The van der Waals surface area contributed by atoms with Gasteiger partial charge in [0.05, 0.1) is 25.6 Å². The third-order valence-electron chi connectivity index (χ3n) is 22.9. The number of benzene rings is 2. The fourth-order valence-corrected chi connectivity index (χ4v) is 16.5. The van der Waals surface area contributed by atoms with Gasteiger partial charge in [0.15, 0.2) is 0 Å². The van der Waals surface area contributed by atoms with Crippen LogP contribution in [0.2, 0.25) is 0 Å². The first-order valence-electron chi connectivity index (χ1n) is 38.3. The third-order valence-corrected chi connectivity index (χ3v) is 22.9. The van der Waals surface area contributed by atoms with Crippen molar-refractivity contribution < 1.29 is 84.2 Å². The van der Waals surface area contributed by atoms with Gasteiger partial charge in [0.2, 0.25) is 70.9 Å². The maximum atomic E-state index is 15.9. The van der Waals surface area contributed by atoms with E-state index in [-0.39, 0.29) is 70.2 Å². The van der Waals surface area contributed by atoms with Crippen LogP contribution in [-0.2, 0) is 81.3 Å². The van der Waals surface area contributed by atoms with Gasteiger partial charge in [-0.15, -0.1) is 0 Å². The van der Waals surface area contributed by atoms with E-state index >= 15 is 51.9 Å². The summed E-state index contributed by atoms with van der Waals surface area (Å²) in [6, 6.07) is -3.21. The summed E-state index contributed by atoms with van der Waals surface area (Å²) in [5.41, 5.74) is -3.57. The first-order chi connectivity index (χ1) is 51.4. The first-order valence-corrected chi connectivity index (χ1v) is 38.3. The zero-order valence-corrected chi connectivity index (χ0v) is 65.3. The van der Waals surface area contributed by atoms with Gasteiger partial charge in [-0.05, 0) is 124 Å². The molecule has 25 nitrogen and oxygen atoms in total. The molecule has 0 radical (unpaired) electrons. The van der Waals surface area contributed by atoms with E-state index < -0.39 is 204 Å². The number of carbonyl (C=O) groups is 12. The van der Waals surface area contributed by atoms with Crippen LogP contribution in [0, 0.1) is 28.9 Å². The summed E-state index contributed by atoms with van der Waals surface area (Å²) in [6.07, 6.45) is 2.23. The molecule has 3 fully saturated rings. The number of amides is 12. The number of nitrogens with one attached hydrogen (secondary N) is 3. The Kier molecular flexibility index (Phi) is 29.0. The lowest BCUT2D eigenvalue weighted by molar-refractivity contribution is -0.161. The van der Waals surface area contributed by atoms with Crippen molar-refractivity contribution in [3.63, 3.8) is 0 Å². The standard InChI is InChI=1S/C79H111F5N12O13/c1-14-48(5)66-74(106)89(9)45-64(99)91(11)58-28-22-19-23-37-95(73(58)105)61-40-50-31-29-49(30-32-50)26-20-18-21-27-57(68(100)86-66)90(10)63(98)42-60(72(104)94-35-24-25-36-94)92(12)75(107)67(52(15-2)16-3)93(13)76(108)78(46-77(6,7)47-78)87-69(101)59-41-53(109-17-4)43-96(59)70(102)56(85-62(97)44-88(8)71(61)103)34-33-51-38-54(80)65(55(81)39-51)79(82,83)84/h19-20,22,26,29-32,38-39,48,52-53,56-61,66-67H,14-18,21,23-25,27-28,33-37,40-47H2,1-13H3,(H,85,97)(H,86,100)(H,87,101)/b22-19-,26-20-/t48-,53+,56-,57-,58-,59-,60-,61-,66-,67-/m0/s1. The van der Waals surface area contributed by atoms with E-state index in [9.17, 15) is 27.6 Å². The van der Waals surface area contributed by atoms with Gasteiger partial charge in [0.25, 0.3) is 0 Å². The largest absolute Gasteiger partial charge is 0.422 e. The summed E-state index contributed by atoms with van der Waals surface area (Å²) in [6.45, 7) is 11.7. The lowest BCUT2D eigenvalue weighted by Gasteiger charge is -2.54. The van der Waals surface area contributed by atoms with Crippen molar-refractivity contribution in [3.05, 3.63) is 88.5 Å². The summed E-state index contributed by atoms with van der Waals surface area (Å²) >= 11 is 0. The number of halogens is 5. The zero-order valence-electron chi connectivity index (χ0n) is 65.3. The van der Waals surface area contributed by atoms with E-state index in [1.807, 2.05) is 46.8 Å². The van der Waals surface area contributed by atoms with Crippen LogP contribution in [0.1, 0.15) is 167 Å². The van der Waals surface area contributed by atoms with E-state index in [2.05, 4.69) is 16.0 Å². The van der Waals surface area contributed by atoms with Crippen molar-refractivity contribution >= 4 is 77.0 Å². The number of likely N-dealkylation sites (tertiary alicyclic amines) is 1. The highest BCUT2D eigenvalue weighted by atomic mass is 19.4. The maximum Gasteiger partial charge on any atom is 0.422 e. The summed E-state index contributed by atoms with van der Waals surface area (Å²) in [5.74, 6) is -14.0. The maximum absolute atomic E-state index is 15.9. The Morgan fingerprint density at radius 3 is 1.88 bits per heavy atom. The predicted molar refractivity (Wildman–Crippen MR) is 395 cm³/mol. The third kappa shape index (κ3) is 20.2. The normalized spacial score (nSPS) is 27.1. The van der Waals surface area contributed by atoms with Crippen LogP contribution >= 0.6 is 0 Å². The molecule has 30 heteroatoms. The van der Waals surface area contributed by atoms with Gasteiger partial charge < -0.3 is 64.8 Å². The van der Waals surface area contributed by atoms with Gasteiger partial charge in [-0.1, -0.05) is 109 Å². The van der Waals surface area contributed by atoms with Crippen LogP contribution in [0.3, 0.4) is 0 Å². The van der Waals surface area contributed by atoms with Gasteiger partial charge >= 0.3 is 6.18 Å². The molecule has 0 unspecified atom stereocenters. The molecule has 109 heavy (non-hydrogen) atoms. The number of ether oxygens (including phenoxy) is 1. The van der Waals surface area contributed by atoms with Gasteiger partial charge in [-0.3, -0.25) is 57.5 Å². The molecule has 1 spiro atoms. The fraction of sp³-hybridized carbons (Fsp3) is 0.646. The number of hydrogen-bond donors (Lipinski definition) is 3. The molecule has 10 atom stereocenters. The van der Waals surface area contributed by atoms with E-state index in [0.717, 1.165) is 14.7 Å². The molecule has 3 N–H and O–H groups in total. The number of fused-ring (bicyclic) bond motifs is 22. The molecular weight excluding hydrogens is 1420 g/mol. The Bertz CT molecular complexity index is 3720. The number of alkyl halides is 3. The highest BCUT2D eigenvalue weighted by Crippen LogP contribution is 2.50. The number of rotatable bonds is 11. The molecule has 1 saturated carbocycles. The minimum absolute atomic E-state index is 0.0214. The second kappa shape index (κ2) is 36.8. The number of likely N-dealkylation sites (N-methyl/N-ethyl adjacent to an activating group) is 6. The Labute approximate surface area is 636 Å². The summed E-state index contributed by atoms with van der Waals surface area (Å²) < 4.78 is 78.4. The molecule has 600 valence electrons. The SMILES string of the molecule is CCO[C@@H]1C[C@H]2C(=O)NC3(CC(C)(C)C3)C(=O)N(C)[C@@H](C(CC)CC)C(=O)N(C)[C@H](C(=O)N3CCCC3)CC(=O)N(C)[C@H]3CCC/C=C\c4ccc(cc4)C[C@@H](C(=O)N(C)CC(=O)N[C@@H](CCc4cc(F)c(C(F)(F)F)c(F)c4)C(=O)N2C1)N1CC/C=C\C[C@@H](C1=O)N(C)C(=O)CN(C)C(=O)[C@H]([C@@H](C)CC)NC3=O. The Morgan fingerprint density at radius 2 is 1.28 bits per heavy atom. The van der Waals surface area contributed by atoms with E-state index in [1.54, 1.807) is 55.2 Å². The van der Waals surface area contributed by atoms with Crippen molar-refractivity contribution in [3.8, 4) is 0 Å². The fourth-order valence-electron chi connectivity index (χ4n) is 16.5. The Morgan fingerprint density at radius 1 is 0.642 bits per heavy atom. The van der Waals surface area contributed by atoms with Crippen LogP contribution in [0.4, 0.5) is 22.0 Å². The van der Waals surface area contributed by atoms with Gasteiger partial charge in [-0.2, -0.15) is 13.2 Å². The summed E-state index contributed by atoms with van der Waals surface area (Å²) in [4.78, 5) is 195. The van der Waals surface area contributed by atoms with Gasteiger partial charge in [0.1, 0.15) is 71.1 Å². The Hall–Kier alpha value is -8.83. The second-order valence-electron chi connectivity index (χ2n) is 31.3. The molecule has 12 amide bonds. The monoisotopic (exact) mass is 1530 g/mol. The lowest BCUT2D eigenvalue weighted by Crippen LogP contribution is -2.71. The molecule has 7 heterocycles. The molecule has 7 aliphatic heterocycles. The van der Waals surface area contributed by atoms with Crippen molar-refractivity contribution in [2.24, 2.45) is 17.3 Å². The smallest absolute Gasteiger partial charge is 0.377 e. The molecule has 6 bridgehead atoms. The molecule has 2 saturated heterocycles. The average Bonchev–Trinajstić information content (AvgIpc) is 1.31. The van der Waals surface area contributed by atoms with Crippen molar-refractivity contribution in [2.75, 3.05) is 88.2 Å². The first kappa shape index (κ1) is 85.8. The minimum Gasteiger partial charge on any atom is -0.377 e. The number of hydrogen-bond acceptors (Lipinski definition) is 13. The molecule has 10 rings (SSSR count). The lowest BCUT2D eigenvalue weighted by atomic mass is 9.58.